The fourth-order valence-corrected chi connectivity index (χ4v) is 2.51. The van der Waals surface area contributed by atoms with E-state index in [9.17, 15) is 14.0 Å². The molecule has 6 heteroatoms. The van der Waals surface area contributed by atoms with Crippen LogP contribution in [0.5, 0.6) is 0 Å². The van der Waals surface area contributed by atoms with E-state index in [4.69, 9.17) is 0 Å². The lowest BCUT2D eigenvalue weighted by Crippen LogP contribution is -2.32. The monoisotopic (exact) mass is 378 g/mol. The Balaban J connectivity index is 1.99. The highest BCUT2D eigenvalue weighted by Crippen LogP contribution is 2.18. The average Bonchev–Trinajstić information content (AvgIpc) is 2.47. The maximum atomic E-state index is 13.3. The Labute approximate surface area is 142 Å². The van der Waals surface area contributed by atoms with Gasteiger partial charge in [0.05, 0.1) is 0 Å². The van der Waals surface area contributed by atoms with Crippen LogP contribution in [0.15, 0.2) is 53.0 Å². The van der Waals surface area contributed by atoms with Crippen molar-refractivity contribution in [3.63, 3.8) is 0 Å². The van der Waals surface area contributed by atoms with E-state index in [1.807, 2.05) is 12.1 Å². The van der Waals surface area contributed by atoms with Crippen molar-refractivity contribution in [2.45, 2.75) is 13.3 Å². The first-order valence-electron chi connectivity index (χ1n) is 7.05. The first-order valence-corrected chi connectivity index (χ1v) is 7.84. The minimum Gasteiger partial charge on any atom is -0.326 e. The number of halogens is 2. The summed E-state index contributed by atoms with van der Waals surface area (Å²) in [6, 6.07) is 13.0. The van der Waals surface area contributed by atoms with Gasteiger partial charge < -0.3 is 10.2 Å². The van der Waals surface area contributed by atoms with Crippen molar-refractivity contribution in [2.75, 3.05) is 16.8 Å². The zero-order valence-electron chi connectivity index (χ0n) is 12.6. The summed E-state index contributed by atoms with van der Waals surface area (Å²) in [4.78, 5) is 25.1. The number of amides is 2. The molecule has 0 radical (unpaired) electrons. The standard InChI is InChI=1S/C17H16BrFN2O2/c1-12(22)21(16-7-3-5-14(19)11-16)9-8-17(23)20-15-6-2-4-13(18)10-15/h2-7,10-11H,8-9H2,1H3,(H,20,23). The van der Waals surface area contributed by atoms with Gasteiger partial charge in [0.15, 0.2) is 0 Å². The fraction of sp³-hybridized carbons (Fsp3) is 0.176. The average molecular weight is 379 g/mol. The minimum absolute atomic E-state index is 0.114. The highest BCUT2D eigenvalue weighted by Gasteiger charge is 2.14. The summed E-state index contributed by atoms with van der Waals surface area (Å²) in [5.74, 6) is -0.885. The molecule has 0 aromatic heterocycles. The third-order valence-electron chi connectivity index (χ3n) is 3.17. The molecule has 0 unspecified atom stereocenters. The van der Waals surface area contributed by atoms with Crippen LogP contribution in [-0.4, -0.2) is 18.4 Å². The first-order chi connectivity index (χ1) is 11.0. The Morgan fingerprint density at radius 1 is 1.17 bits per heavy atom. The molecule has 0 fully saturated rings. The van der Waals surface area contributed by atoms with Crippen LogP contribution in [0, 0.1) is 5.82 Å². The Kier molecular flexibility index (Phi) is 5.87. The lowest BCUT2D eigenvalue weighted by atomic mass is 10.2. The van der Waals surface area contributed by atoms with Crippen LogP contribution in [0.25, 0.3) is 0 Å². The molecule has 0 bridgehead atoms. The van der Waals surface area contributed by atoms with Crippen molar-refractivity contribution in [1.29, 1.82) is 0 Å². The van der Waals surface area contributed by atoms with Gasteiger partial charge in [-0.05, 0) is 36.4 Å². The first kappa shape index (κ1) is 17.1. The van der Waals surface area contributed by atoms with Crippen LogP contribution in [0.4, 0.5) is 15.8 Å². The molecule has 0 heterocycles. The molecule has 0 spiro atoms. The van der Waals surface area contributed by atoms with E-state index >= 15 is 0 Å². The van der Waals surface area contributed by atoms with Gasteiger partial charge in [-0.3, -0.25) is 9.59 Å². The molecule has 2 amide bonds. The van der Waals surface area contributed by atoms with Crippen molar-refractivity contribution in [1.82, 2.24) is 0 Å². The van der Waals surface area contributed by atoms with Gasteiger partial charge >= 0.3 is 0 Å². The molecule has 0 atom stereocenters. The largest absolute Gasteiger partial charge is 0.326 e. The second kappa shape index (κ2) is 7.87. The minimum atomic E-state index is -0.424. The van der Waals surface area contributed by atoms with Gasteiger partial charge in [0.25, 0.3) is 0 Å². The van der Waals surface area contributed by atoms with Crippen LogP contribution in [0.3, 0.4) is 0 Å². The number of hydrogen-bond donors (Lipinski definition) is 1. The topological polar surface area (TPSA) is 49.4 Å². The summed E-state index contributed by atoms with van der Waals surface area (Å²) in [5.41, 5.74) is 1.11. The number of nitrogens with zero attached hydrogens (tertiary/aromatic N) is 1. The van der Waals surface area contributed by atoms with E-state index in [1.54, 1.807) is 18.2 Å². The SMILES string of the molecule is CC(=O)N(CCC(=O)Nc1cccc(Br)c1)c1cccc(F)c1. The van der Waals surface area contributed by atoms with Crippen molar-refractivity contribution in [3.8, 4) is 0 Å². The maximum absolute atomic E-state index is 13.3. The Bertz CT molecular complexity index is 721. The van der Waals surface area contributed by atoms with Crippen molar-refractivity contribution in [2.24, 2.45) is 0 Å². The summed E-state index contributed by atoms with van der Waals surface area (Å²) in [5, 5.41) is 2.76. The number of hydrogen-bond acceptors (Lipinski definition) is 2. The smallest absolute Gasteiger partial charge is 0.226 e. The predicted octanol–water partition coefficient (Wildman–Crippen LogP) is 3.97. The quantitative estimate of drug-likeness (QED) is 0.855. The molecule has 2 aromatic carbocycles. The Hall–Kier alpha value is -2.21. The number of rotatable bonds is 5. The van der Waals surface area contributed by atoms with Crippen LogP contribution in [0.2, 0.25) is 0 Å². The summed E-state index contributed by atoms with van der Waals surface area (Å²) >= 11 is 3.33. The molecular formula is C17H16BrFN2O2. The summed E-state index contributed by atoms with van der Waals surface area (Å²) in [6.07, 6.45) is 0.114. The molecule has 1 N–H and O–H groups in total. The number of carbonyl (C=O) groups excluding carboxylic acids is 2. The lowest BCUT2D eigenvalue weighted by molar-refractivity contribution is -0.117. The van der Waals surface area contributed by atoms with Gasteiger partial charge in [-0.2, -0.15) is 0 Å². The van der Waals surface area contributed by atoms with Gasteiger partial charge in [0.1, 0.15) is 5.82 Å². The van der Waals surface area contributed by atoms with E-state index in [2.05, 4.69) is 21.2 Å². The molecule has 0 aliphatic heterocycles. The molecule has 4 nitrogen and oxygen atoms in total. The van der Waals surface area contributed by atoms with E-state index in [-0.39, 0.29) is 24.8 Å². The van der Waals surface area contributed by atoms with Gasteiger partial charge in [0, 0.05) is 35.7 Å². The molecule has 2 aromatic rings. The maximum Gasteiger partial charge on any atom is 0.226 e. The van der Waals surface area contributed by atoms with E-state index in [1.165, 1.54) is 30.0 Å². The molecule has 0 aliphatic rings. The van der Waals surface area contributed by atoms with Crippen LogP contribution in [0.1, 0.15) is 13.3 Å². The van der Waals surface area contributed by atoms with E-state index in [0.29, 0.717) is 11.4 Å². The van der Waals surface area contributed by atoms with Gasteiger partial charge in [-0.15, -0.1) is 0 Å². The third kappa shape index (κ3) is 5.17. The van der Waals surface area contributed by atoms with Crippen LogP contribution >= 0.6 is 15.9 Å². The Morgan fingerprint density at radius 2 is 1.91 bits per heavy atom. The van der Waals surface area contributed by atoms with Gasteiger partial charge in [0.2, 0.25) is 11.8 Å². The molecule has 2 rings (SSSR count). The number of carbonyl (C=O) groups is 2. The highest BCUT2D eigenvalue weighted by atomic mass is 79.9. The summed E-state index contributed by atoms with van der Waals surface area (Å²) in [7, 11) is 0. The molecule has 23 heavy (non-hydrogen) atoms. The van der Waals surface area contributed by atoms with E-state index < -0.39 is 5.82 Å². The van der Waals surface area contributed by atoms with Crippen LogP contribution < -0.4 is 10.2 Å². The normalized spacial score (nSPS) is 10.2. The van der Waals surface area contributed by atoms with Crippen molar-refractivity contribution >= 4 is 39.1 Å². The van der Waals surface area contributed by atoms with E-state index in [0.717, 1.165) is 4.47 Å². The highest BCUT2D eigenvalue weighted by molar-refractivity contribution is 9.10. The summed E-state index contributed by atoms with van der Waals surface area (Å²) in [6.45, 7) is 1.57. The zero-order chi connectivity index (χ0) is 16.8. The zero-order valence-corrected chi connectivity index (χ0v) is 14.1. The predicted molar refractivity (Wildman–Crippen MR) is 91.8 cm³/mol. The number of anilines is 2. The Morgan fingerprint density at radius 3 is 2.57 bits per heavy atom. The second-order valence-corrected chi connectivity index (χ2v) is 5.87. The van der Waals surface area contributed by atoms with Crippen molar-refractivity contribution in [3.05, 3.63) is 58.8 Å². The number of nitrogens with one attached hydrogen (secondary N) is 1. The molecule has 120 valence electrons. The summed E-state index contributed by atoms with van der Waals surface area (Å²) < 4.78 is 14.2. The molecule has 0 saturated carbocycles. The fourth-order valence-electron chi connectivity index (χ4n) is 2.12. The van der Waals surface area contributed by atoms with Crippen LogP contribution in [-0.2, 0) is 9.59 Å². The molecule has 0 saturated heterocycles. The third-order valence-corrected chi connectivity index (χ3v) is 3.66. The van der Waals surface area contributed by atoms with Crippen molar-refractivity contribution < 1.29 is 14.0 Å². The molecule has 0 aliphatic carbocycles. The number of benzene rings is 2. The molecular weight excluding hydrogens is 363 g/mol. The van der Waals surface area contributed by atoms with Gasteiger partial charge in [-0.1, -0.05) is 28.1 Å². The second-order valence-electron chi connectivity index (χ2n) is 4.96. The van der Waals surface area contributed by atoms with Gasteiger partial charge in [-0.25, -0.2) is 4.39 Å². The lowest BCUT2D eigenvalue weighted by Gasteiger charge is -2.21.